The number of hydrogen-bond donors (Lipinski definition) is 2. The maximum absolute atomic E-state index is 11.8. The minimum atomic E-state index is -0.0991. The highest BCUT2D eigenvalue weighted by Gasteiger charge is 2.14. The minimum Gasteiger partial charge on any atom is -0.355 e. The van der Waals surface area contributed by atoms with Crippen LogP contribution in [0.25, 0.3) is 0 Å². The molecule has 0 aliphatic heterocycles. The van der Waals surface area contributed by atoms with Crippen LogP contribution in [0.5, 0.6) is 0 Å². The second-order valence-corrected chi connectivity index (χ2v) is 5.52. The summed E-state index contributed by atoms with van der Waals surface area (Å²) in [5, 5.41) is 2.86. The third-order valence-corrected chi connectivity index (χ3v) is 3.15. The van der Waals surface area contributed by atoms with E-state index < -0.39 is 0 Å². The molecular weight excluding hydrogens is 242 g/mol. The Kier molecular flexibility index (Phi) is 6.27. The van der Waals surface area contributed by atoms with Crippen LogP contribution in [0.15, 0.2) is 24.3 Å². The summed E-state index contributed by atoms with van der Waals surface area (Å²) < 4.78 is 0. The molecule has 1 aromatic rings. The average Bonchev–Trinajstić information content (AvgIpc) is 2.35. The molecular formula is C15H23NOS. The van der Waals surface area contributed by atoms with Crippen LogP contribution >= 0.6 is 12.6 Å². The number of benzene rings is 1. The van der Waals surface area contributed by atoms with Crippen molar-refractivity contribution in [3.05, 3.63) is 35.4 Å². The van der Waals surface area contributed by atoms with Gasteiger partial charge in [0.25, 0.3) is 0 Å². The number of hydrogen-bond acceptors (Lipinski definition) is 2. The lowest BCUT2D eigenvalue weighted by Crippen LogP contribution is -2.29. The topological polar surface area (TPSA) is 29.1 Å². The van der Waals surface area contributed by atoms with E-state index in [2.05, 4.69) is 56.1 Å². The highest BCUT2D eigenvalue weighted by molar-refractivity contribution is 7.80. The van der Waals surface area contributed by atoms with Crippen LogP contribution in [0.1, 0.15) is 37.8 Å². The van der Waals surface area contributed by atoms with Gasteiger partial charge in [-0.3, -0.25) is 4.79 Å². The Morgan fingerprint density at radius 3 is 2.33 bits per heavy atom. The summed E-state index contributed by atoms with van der Waals surface area (Å²) in [6.07, 6.45) is 1.08. The fourth-order valence-corrected chi connectivity index (χ4v) is 2.01. The molecule has 2 nitrogen and oxygen atoms in total. The summed E-state index contributed by atoms with van der Waals surface area (Å²) in [5.74, 6) is 1.30. The van der Waals surface area contributed by atoms with Crippen molar-refractivity contribution in [1.29, 1.82) is 0 Å². The predicted molar refractivity (Wildman–Crippen MR) is 80.3 cm³/mol. The Bertz CT molecular complexity index is 373. The Morgan fingerprint density at radius 1 is 1.22 bits per heavy atom. The molecule has 1 unspecified atom stereocenters. The molecule has 0 fully saturated rings. The zero-order valence-electron chi connectivity index (χ0n) is 11.4. The van der Waals surface area contributed by atoms with Crippen molar-refractivity contribution in [3.63, 3.8) is 0 Å². The number of amides is 1. The zero-order valence-corrected chi connectivity index (χ0v) is 12.3. The van der Waals surface area contributed by atoms with E-state index in [-0.39, 0.29) is 11.8 Å². The van der Waals surface area contributed by atoms with Gasteiger partial charge in [0.15, 0.2) is 0 Å². The van der Waals surface area contributed by atoms with Crippen molar-refractivity contribution < 1.29 is 4.79 Å². The van der Waals surface area contributed by atoms with Crippen molar-refractivity contribution in [2.45, 2.75) is 33.1 Å². The van der Waals surface area contributed by atoms with Crippen molar-refractivity contribution in [2.24, 2.45) is 5.92 Å². The van der Waals surface area contributed by atoms with Crippen LogP contribution in [-0.2, 0) is 11.2 Å². The zero-order chi connectivity index (χ0) is 13.5. The SMILES string of the molecule is CC(C)Cc1ccc(C(C)C(=O)NCCS)cc1. The van der Waals surface area contributed by atoms with Gasteiger partial charge < -0.3 is 5.32 Å². The molecule has 18 heavy (non-hydrogen) atoms. The standard InChI is InChI=1S/C15H23NOS/c1-11(2)10-13-4-6-14(7-5-13)12(3)15(17)16-8-9-18/h4-7,11-12,18H,8-10H2,1-3H3,(H,16,17). The summed E-state index contributed by atoms with van der Waals surface area (Å²) in [5.41, 5.74) is 2.40. The lowest BCUT2D eigenvalue weighted by molar-refractivity contribution is -0.122. The van der Waals surface area contributed by atoms with Crippen molar-refractivity contribution in [1.82, 2.24) is 5.32 Å². The second-order valence-electron chi connectivity index (χ2n) is 5.08. The molecule has 0 bridgehead atoms. The summed E-state index contributed by atoms with van der Waals surface area (Å²) in [4.78, 5) is 11.8. The Morgan fingerprint density at radius 2 is 1.83 bits per heavy atom. The van der Waals surface area contributed by atoms with E-state index in [1.807, 2.05) is 6.92 Å². The lowest BCUT2D eigenvalue weighted by Gasteiger charge is -2.13. The first kappa shape index (κ1) is 15.1. The minimum absolute atomic E-state index is 0.0701. The van der Waals surface area contributed by atoms with Crippen LogP contribution in [0.2, 0.25) is 0 Å². The first-order valence-electron chi connectivity index (χ1n) is 6.52. The van der Waals surface area contributed by atoms with Crippen molar-refractivity contribution >= 4 is 18.5 Å². The fraction of sp³-hybridized carbons (Fsp3) is 0.533. The van der Waals surface area contributed by atoms with Gasteiger partial charge in [-0.25, -0.2) is 0 Å². The number of rotatable bonds is 6. The smallest absolute Gasteiger partial charge is 0.227 e. The Balaban J connectivity index is 2.63. The van der Waals surface area contributed by atoms with Crippen LogP contribution in [0.4, 0.5) is 0 Å². The molecule has 1 amide bonds. The molecule has 1 N–H and O–H groups in total. The average molecular weight is 265 g/mol. The molecule has 0 saturated heterocycles. The maximum Gasteiger partial charge on any atom is 0.227 e. The van der Waals surface area contributed by atoms with Crippen molar-refractivity contribution in [3.8, 4) is 0 Å². The van der Waals surface area contributed by atoms with Gasteiger partial charge in [0.1, 0.15) is 0 Å². The first-order chi connectivity index (χ1) is 8.54. The van der Waals surface area contributed by atoms with Gasteiger partial charge in [-0.1, -0.05) is 38.1 Å². The van der Waals surface area contributed by atoms with Gasteiger partial charge in [0.05, 0.1) is 5.92 Å². The molecule has 0 radical (unpaired) electrons. The van der Waals surface area contributed by atoms with Gasteiger partial charge in [-0.15, -0.1) is 0 Å². The highest BCUT2D eigenvalue weighted by Crippen LogP contribution is 2.17. The summed E-state index contributed by atoms with van der Waals surface area (Å²) in [7, 11) is 0. The normalized spacial score (nSPS) is 12.5. The van der Waals surface area contributed by atoms with Crippen LogP contribution < -0.4 is 5.32 Å². The van der Waals surface area contributed by atoms with E-state index >= 15 is 0 Å². The predicted octanol–water partition coefficient (Wildman–Crippen LogP) is 3.03. The first-order valence-corrected chi connectivity index (χ1v) is 7.15. The van der Waals surface area contributed by atoms with Gasteiger partial charge in [0, 0.05) is 12.3 Å². The molecule has 0 aliphatic carbocycles. The van der Waals surface area contributed by atoms with Gasteiger partial charge in [0.2, 0.25) is 5.91 Å². The molecule has 1 aromatic carbocycles. The van der Waals surface area contributed by atoms with Crippen LogP contribution in [-0.4, -0.2) is 18.2 Å². The van der Waals surface area contributed by atoms with E-state index in [1.54, 1.807) is 0 Å². The molecule has 0 spiro atoms. The van der Waals surface area contributed by atoms with E-state index in [0.717, 1.165) is 12.0 Å². The summed E-state index contributed by atoms with van der Waals surface area (Å²) >= 11 is 4.08. The molecule has 0 aliphatic rings. The van der Waals surface area contributed by atoms with E-state index in [1.165, 1.54) is 5.56 Å². The maximum atomic E-state index is 11.8. The summed E-state index contributed by atoms with van der Waals surface area (Å²) in [6.45, 7) is 6.98. The molecule has 0 aromatic heterocycles. The summed E-state index contributed by atoms with van der Waals surface area (Å²) in [6, 6.07) is 8.36. The van der Waals surface area contributed by atoms with E-state index in [9.17, 15) is 4.79 Å². The Labute approximate surface area is 116 Å². The largest absolute Gasteiger partial charge is 0.355 e. The molecule has 1 rings (SSSR count). The highest BCUT2D eigenvalue weighted by atomic mass is 32.1. The van der Waals surface area contributed by atoms with Gasteiger partial charge in [-0.2, -0.15) is 12.6 Å². The number of carbonyl (C=O) groups is 1. The number of carbonyl (C=O) groups excluding carboxylic acids is 1. The second kappa shape index (κ2) is 7.47. The van der Waals surface area contributed by atoms with E-state index in [4.69, 9.17) is 0 Å². The van der Waals surface area contributed by atoms with Gasteiger partial charge >= 0.3 is 0 Å². The molecule has 100 valence electrons. The third kappa shape index (κ3) is 4.73. The van der Waals surface area contributed by atoms with Crippen LogP contribution in [0.3, 0.4) is 0 Å². The third-order valence-electron chi connectivity index (χ3n) is 2.93. The quantitative estimate of drug-likeness (QED) is 0.761. The monoisotopic (exact) mass is 265 g/mol. The van der Waals surface area contributed by atoms with Crippen LogP contribution in [0, 0.1) is 5.92 Å². The van der Waals surface area contributed by atoms with E-state index in [0.29, 0.717) is 18.2 Å². The van der Waals surface area contributed by atoms with Gasteiger partial charge in [-0.05, 0) is 30.4 Å². The number of nitrogens with one attached hydrogen (secondary N) is 1. The lowest BCUT2D eigenvalue weighted by atomic mass is 9.96. The molecule has 0 heterocycles. The van der Waals surface area contributed by atoms with Crippen molar-refractivity contribution in [2.75, 3.05) is 12.3 Å². The number of thiol groups is 1. The Hall–Kier alpha value is -0.960. The molecule has 1 atom stereocenters. The molecule has 0 saturated carbocycles. The fourth-order valence-electron chi connectivity index (χ4n) is 1.90. The molecule has 3 heteroatoms.